The Hall–Kier alpha value is -0.610. The fraction of sp³-hybridized carbons (Fsp3) is 0.889. The molecule has 76 valence electrons. The quantitative estimate of drug-likeness (QED) is 0.597. The average molecular weight is 187 g/mol. The molecule has 0 aromatic rings. The molecule has 2 N–H and O–H groups in total. The number of carbonyl (C=O) groups excluding carboxylic acids is 1. The second-order valence-electron chi connectivity index (χ2n) is 3.45. The third kappa shape index (κ3) is 2.67. The van der Waals surface area contributed by atoms with E-state index in [2.05, 4.69) is 5.32 Å². The summed E-state index contributed by atoms with van der Waals surface area (Å²) in [6.07, 6.45) is 3.02. The SMILES string of the molecule is CCOC(=O)CNC1(CO)CCC1. The van der Waals surface area contributed by atoms with Gasteiger partial charge in [0.1, 0.15) is 0 Å². The highest BCUT2D eigenvalue weighted by atomic mass is 16.5. The molecule has 1 rings (SSSR count). The third-order valence-corrected chi connectivity index (χ3v) is 2.53. The molecule has 1 aliphatic rings. The highest BCUT2D eigenvalue weighted by Gasteiger charge is 2.36. The van der Waals surface area contributed by atoms with Crippen LogP contribution in [0.5, 0.6) is 0 Å². The second kappa shape index (κ2) is 4.58. The van der Waals surface area contributed by atoms with Gasteiger partial charge in [-0.3, -0.25) is 10.1 Å². The summed E-state index contributed by atoms with van der Waals surface area (Å²) in [6, 6.07) is 0. The van der Waals surface area contributed by atoms with E-state index in [9.17, 15) is 4.79 Å². The lowest BCUT2D eigenvalue weighted by molar-refractivity contribution is -0.142. The van der Waals surface area contributed by atoms with Crippen LogP contribution in [-0.4, -0.2) is 36.4 Å². The van der Waals surface area contributed by atoms with Crippen molar-refractivity contribution in [2.24, 2.45) is 0 Å². The van der Waals surface area contributed by atoms with Crippen molar-refractivity contribution < 1.29 is 14.6 Å². The van der Waals surface area contributed by atoms with Gasteiger partial charge in [-0.05, 0) is 26.2 Å². The van der Waals surface area contributed by atoms with E-state index < -0.39 is 0 Å². The maximum Gasteiger partial charge on any atom is 0.319 e. The van der Waals surface area contributed by atoms with Crippen molar-refractivity contribution in [2.45, 2.75) is 31.7 Å². The average Bonchev–Trinajstić information content (AvgIpc) is 2.04. The fourth-order valence-electron chi connectivity index (χ4n) is 1.47. The molecular weight excluding hydrogens is 170 g/mol. The topological polar surface area (TPSA) is 58.6 Å². The van der Waals surface area contributed by atoms with Crippen molar-refractivity contribution in [1.82, 2.24) is 5.32 Å². The molecule has 0 atom stereocenters. The number of aliphatic hydroxyl groups excluding tert-OH is 1. The lowest BCUT2D eigenvalue weighted by atomic mass is 9.77. The summed E-state index contributed by atoms with van der Waals surface area (Å²) in [5, 5.41) is 12.1. The standard InChI is InChI=1S/C9H17NO3/c1-2-13-8(12)6-10-9(7-11)4-3-5-9/h10-11H,2-7H2,1H3. The fourth-order valence-corrected chi connectivity index (χ4v) is 1.47. The van der Waals surface area contributed by atoms with Crippen LogP contribution in [0.1, 0.15) is 26.2 Å². The zero-order valence-corrected chi connectivity index (χ0v) is 8.01. The smallest absolute Gasteiger partial charge is 0.319 e. The zero-order chi connectivity index (χ0) is 9.73. The summed E-state index contributed by atoms with van der Waals surface area (Å²) >= 11 is 0. The normalized spacial score (nSPS) is 19.2. The molecule has 0 aromatic heterocycles. The summed E-state index contributed by atoms with van der Waals surface area (Å²) in [6.45, 7) is 2.50. The molecule has 1 aliphatic carbocycles. The van der Waals surface area contributed by atoms with Crippen LogP contribution < -0.4 is 5.32 Å². The van der Waals surface area contributed by atoms with E-state index >= 15 is 0 Å². The number of nitrogens with one attached hydrogen (secondary N) is 1. The maximum absolute atomic E-state index is 11.0. The van der Waals surface area contributed by atoms with Gasteiger partial charge in [0.2, 0.25) is 0 Å². The molecule has 1 fully saturated rings. The largest absolute Gasteiger partial charge is 0.465 e. The summed E-state index contributed by atoms with van der Waals surface area (Å²) in [7, 11) is 0. The van der Waals surface area contributed by atoms with Gasteiger partial charge in [-0.1, -0.05) is 0 Å². The number of hydrogen-bond donors (Lipinski definition) is 2. The monoisotopic (exact) mass is 187 g/mol. The van der Waals surface area contributed by atoms with Gasteiger partial charge in [-0.25, -0.2) is 0 Å². The van der Waals surface area contributed by atoms with Crippen LogP contribution >= 0.6 is 0 Å². The summed E-state index contributed by atoms with van der Waals surface area (Å²) in [5.41, 5.74) is -0.202. The summed E-state index contributed by atoms with van der Waals surface area (Å²) < 4.78 is 4.77. The molecule has 0 bridgehead atoms. The minimum absolute atomic E-state index is 0.104. The van der Waals surface area contributed by atoms with Crippen molar-refractivity contribution in [1.29, 1.82) is 0 Å². The molecule has 0 unspecified atom stereocenters. The highest BCUT2D eigenvalue weighted by molar-refractivity contribution is 5.71. The zero-order valence-electron chi connectivity index (χ0n) is 8.01. The van der Waals surface area contributed by atoms with Crippen LogP contribution in [0.3, 0.4) is 0 Å². The van der Waals surface area contributed by atoms with Crippen molar-refractivity contribution in [3.05, 3.63) is 0 Å². The van der Waals surface area contributed by atoms with Gasteiger partial charge in [0.15, 0.2) is 0 Å². The van der Waals surface area contributed by atoms with Crippen molar-refractivity contribution in [2.75, 3.05) is 19.8 Å². The van der Waals surface area contributed by atoms with Gasteiger partial charge < -0.3 is 9.84 Å². The molecule has 4 nitrogen and oxygen atoms in total. The molecule has 13 heavy (non-hydrogen) atoms. The Morgan fingerprint density at radius 3 is 2.69 bits per heavy atom. The Labute approximate surface area is 78.3 Å². The molecular formula is C9H17NO3. The highest BCUT2D eigenvalue weighted by Crippen LogP contribution is 2.30. The Bertz CT molecular complexity index is 172. The van der Waals surface area contributed by atoms with Crippen LogP contribution in [0, 0.1) is 0 Å². The predicted molar refractivity (Wildman–Crippen MR) is 48.3 cm³/mol. The second-order valence-corrected chi connectivity index (χ2v) is 3.45. The van der Waals surface area contributed by atoms with E-state index in [0.717, 1.165) is 19.3 Å². The lowest BCUT2D eigenvalue weighted by Crippen LogP contribution is -2.55. The summed E-state index contributed by atoms with van der Waals surface area (Å²) in [5.74, 6) is -0.248. The molecule has 0 heterocycles. The minimum atomic E-state index is -0.248. The van der Waals surface area contributed by atoms with Gasteiger partial charge in [0.05, 0.1) is 19.8 Å². The van der Waals surface area contributed by atoms with E-state index in [1.807, 2.05) is 0 Å². The van der Waals surface area contributed by atoms with E-state index in [1.54, 1.807) is 6.92 Å². The Morgan fingerprint density at radius 2 is 2.31 bits per heavy atom. The molecule has 0 radical (unpaired) electrons. The number of esters is 1. The number of carbonyl (C=O) groups is 1. The van der Waals surface area contributed by atoms with Gasteiger partial charge in [0, 0.05) is 5.54 Å². The number of rotatable bonds is 5. The molecule has 4 heteroatoms. The van der Waals surface area contributed by atoms with Gasteiger partial charge in [-0.15, -0.1) is 0 Å². The first-order chi connectivity index (χ1) is 6.22. The van der Waals surface area contributed by atoms with E-state index in [0.29, 0.717) is 6.61 Å². The van der Waals surface area contributed by atoms with Gasteiger partial charge in [0.25, 0.3) is 0 Å². The van der Waals surface area contributed by atoms with Crippen molar-refractivity contribution in [3.8, 4) is 0 Å². The van der Waals surface area contributed by atoms with Crippen LogP contribution in [0.15, 0.2) is 0 Å². The molecule has 0 aliphatic heterocycles. The van der Waals surface area contributed by atoms with Crippen LogP contribution in [0.25, 0.3) is 0 Å². The molecule has 1 saturated carbocycles. The molecule has 0 spiro atoms. The molecule has 0 aromatic carbocycles. The van der Waals surface area contributed by atoms with Gasteiger partial charge >= 0.3 is 5.97 Å². The third-order valence-electron chi connectivity index (χ3n) is 2.53. The Kier molecular flexibility index (Phi) is 3.69. The molecule has 0 amide bonds. The van der Waals surface area contributed by atoms with Crippen LogP contribution in [-0.2, 0) is 9.53 Å². The van der Waals surface area contributed by atoms with Crippen LogP contribution in [0.4, 0.5) is 0 Å². The Balaban J connectivity index is 2.20. The first kappa shape index (κ1) is 10.5. The van der Waals surface area contributed by atoms with Crippen molar-refractivity contribution in [3.63, 3.8) is 0 Å². The van der Waals surface area contributed by atoms with E-state index in [-0.39, 0.29) is 24.7 Å². The van der Waals surface area contributed by atoms with Gasteiger partial charge in [-0.2, -0.15) is 0 Å². The van der Waals surface area contributed by atoms with Crippen molar-refractivity contribution >= 4 is 5.97 Å². The number of aliphatic hydroxyl groups is 1. The predicted octanol–water partition coefficient (Wildman–Crippen LogP) is 0.0541. The maximum atomic E-state index is 11.0. The van der Waals surface area contributed by atoms with E-state index in [4.69, 9.17) is 9.84 Å². The number of ether oxygens (including phenoxy) is 1. The summed E-state index contributed by atoms with van der Waals surface area (Å²) in [4.78, 5) is 11.0. The first-order valence-corrected chi connectivity index (χ1v) is 4.74. The first-order valence-electron chi connectivity index (χ1n) is 4.74. The lowest BCUT2D eigenvalue weighted by Gasteiger charge is -2.40. The Morgan fingerprint density at radius 1 is 1.62 bits per heavy atom. The minimum Gasteiger partial charge on any atom is -0.465 e. The van der Waals surface area contributed by atoms with E-state index in [1.165, 1.54) is 0 Å². The van der Waals surface area contributed by atoms with Crippen LogP contribution in [0.2, 0.25) is 0 Å². The molecule has 0 saturated heterocycles. The number of hydrogen-bond acceptors (Lipinski definition) is 4.